The van der Waals surface area contributed by atoms with Crippen molar-refractivity contribution in [2.75, 3.05) is 10.5 Å². The Morgan fingerprint density at radius 3 is 1.95 bits per heavy atom. The van der Waals surface area contributed by atoms with E-state index in [2.05, 4.69) is 4.72 Å². The molecule has 2 rings (SSSR count). The first-order valence-corrected chi connectivity index (χ1v) is 8.86. The Kier molecular flexibility index (Phi) is 4.76. The van der Waals surface area contributed by atoms with Crippen molar-refractivity contribution in [2.24, 2.45) is 0 Å². The van der Waals surface area contributed by atoms with Gasteiger partial charge in [-0.1, -0.05) is 31.5 Å². The van der Waals surface area contributed by atoms with Gasteiger partial charge in [-0.2, -0.15) is 0 Å². The highest BCUT2D eigenvalue weighted by Gasteiger charge is 2.18. The molecule has 5 heteroatoms. The third kappa shape index (κ3) is 3.42. The van der Waals surface area contributed by atoms with Crippen LogP contribution in [0.4, 0.5) is 11.4 Å². The van der Waals surface area contributed by atoms with Gasteiger partial charge in [0.15, 0.2) is 0 Å². The summed E-state index contributed by atoms with van der Waals surface area (Å²) in [4.78, 5) is 0.263. The SMILES string of the molecule is CCc1cc(N)cc(CC)c1NS(=O)(=O)c1ccc(C)cc1. The van der Waals surface area contributed by atoms with E-state index < -0.39 is 10.0 Å². The van der Waals surface area contributed by atoms with Gasteiger partial charge < -0.3 is 5.73 Å². The van der Waals surface area contributed by atoms with Gasteiger partial charge in [-0.25, -0.2) is 8.42 Å². The van der Waals surface area contributed by atoms with Crippen molar-refractivity contribution in [3.63, 3.8) is 0 Å². The lowest BCUT2D eigenvalue weighted by molar-refractivity contribution is 0.601. The number of benzene rings is 2. The highest BCUT2D eigenvalue weighted by Crippen LogP contribution is 2.28. The summed E-state index contributed by atoms with van der Waals surface area (Å²) in [6, 6.07) is 10.5. The lowest BCUT2D eigenvalue weighted by Crippen LogP contribution is -2.16. The first kappa shape index (κ1) is 16.4. The third-order valence-electron chi connectivity index (χ3n) is 3.65. The fourth-order valence-corrected chi connectivity index (χ4v) is 3.54. The average Bonchev–Trinajstić information content (AvgIpc) is 2.48. The Labute approximate surface area is 132 Å². The molecule has 3 N–H and O–H groups in total. The van der Waals surface area contributed by atoms with E-state index in [1.165, 1.54) is 0 Å². The molecule has 22 heavy (non-hydrogen) atoms. The highest BCUT2D eigenvalue weighted by molar-refractivity contribution is 7.92. The van der Waals surface area contributed by atoms with Gasteiger partial charge in [0, 0.05) is 5.69 Å². The van der Waals surface area contributed by atoms with Crippen LogP contribution in [0.3, 0.4) is 0 Å². The zero-order valence-electron chi connectivity index (χ0n) is 13.2. The molecule has 2 aromatic carbocycles. The minimum absolute atomic E-state index is 0.263. The van der Waals surface area contributed by atoms with Crippen molar-refractivity contribution < 1.29 is 8.42 Å². The third-order valence-corrected chi connectivity index (χ3v) is 5.02. The predicted octanol–water partition coefficient (Wildman–Crippen LogP) is 3.50. The number of sulfonamides is 1. The van der Waals surface area contributed by atoms with Crippen LogP contribution in [0.15, 0.2) is 41.3 Å². The van der Waals surface area contributed by atoms with Crippen molar-refractivity contribution in [3.05, 3.63) is 53.1 Å². The van der Waals surface area contributed by atoms with E-state index in [0.29, 0.717) is 24.2 Å². The number of nitrogen functional groups attached to an aromatic ring is 1. The van der Waals surface area contributed by atoms with E-state index in [-0.39, 0.29) is 4.90 Å². The fourth-order valence-electron chi connectivity index (χ4n) is 2.39. The molecule has 0 amide bonds. The summed E-state index contributed by atoms with van der Waals surface area (Å²) in [6.07, 6.45) is 1.42. The number of hydrogen-bond donors (Lipinski definition) is 2. The number of anilines is 2. The Morgan fingerprint density at radius 1 is 1.00 bits per heavy atom. The molecule has 0 atom stereocenters. The van der Waals surface area contributed by atoms with E-state index in [1.54, 1.807) is 24.3 Å². The Morgan fingerprint density at radius 2 is 1.50 bits per heavy atom. The number of rotatable bonds is 5. The summed E-state index contributed by atoms with van der Waals surface area (Å²) in [5.74, 6) is 0. The summed E-state index contributed by atoms with van der Waals surface area (Å²) >= 11 is 0. The summed E-state index contributed by atoms with van der Waals surface area (Å²) in [5.41, 5.74) is 10.0. The summed E-state index contributed by atoms with van der Waals surface area (Å²) in [5, 5.41) is 0. The van der Waals surface area contributed by atoms with E-state index in [9.17, 15) is 8.42 Å². The van der Waals surface area contributed by atoms with Crippen LogP contribution in [0.1, 0.15) is 30.5 Å². The Balaban J connectivity index is 2.47. The molecule has 0 aliphatic rings. The normalized spacial score (nSPS) is 11.4. The zero-order chi connectivity index (χ0) is 16.3. The smallest absolute Gasteiger partial charge is 0.261 e. The van der Waals surface area contributed by atoms with Gasteiger partial charge in [0.1, 0.15) is 0 Å². The van der Waals surface area contributed by atoms with Crippen LogP contribution in [0.2, 0.25) is 0 Å². The lowest BCUT2D eigenvalue weighted by Gasteiger charge is -2.17. The van der Waals surface area contributed by atoms with E-state index in [4.69, 9.17) is 5.73 Å². The molecule has 118 valence electrons. The van der Waals surface area contributed by atoms with E-state index in [1.807, 2.05) is 32.9 Å². The maximum atomic E-state index is 12.6. The Bertz CT molecular complexity index is 741. The molecule has 0 radical (unpaired) electrons. The minimum atomic E-state index is -3.60. The summed E-state index contributed by atoms with van der Waals surface area (Å²) < 4.78 is 27.9. The molecule has 0 fully saturated rings. The quantitative estimate of drug-likeness (QED) is 0.829. The number of aryl methyl sites for hydroxylation is 3. The lowest BCUT2D eigenvalue weighted by atomic mass is 10.0. The van der Waals surface area contributed by atoms with Crippen molar-refractivity contribution in [1.29, 1.82) is 0 Å². The van der Waals surface area contributed by atoms with Crippen LogP contribution >= 0.6 is 0 Å². The molecule has 0 unspecified atom stereocenters. The fraction of sp³-hybridized carbons (Fsp3) is 0.294. The second kappa shape index (κ2) is 6.40. The monoisotopic (exact) mass is 318 g/mol. The van der Waals surface area contributed by atoms with Gasteiger partial charge in [0.2, 0.25) is 0 Å². The van der Waals surface area contributed by atoms with Gasteiger partial charge in [0.05, 0.1) is 10.6 Å². The molecular weight excluding hydrogens is 296 g/mol. The molecule has 0 aliphatic heterocycles. The van der Waals surface area contributed by atoms with E-state index >= 15 is 0 Å². The van der Waals surface area contributed by atoms with Crippen molar-refractivity contribution in [2.45, 2.75) is 38.5 Å². The maximum absolute atomic E-state index is 12.6. The van der Waals surface area contributed by atoms with Crippen LogP contribution < -0.4 is 10.5 Å². The van der Waals surface area contributed by atoms with Gasteiger partial charge in [-0.15, -0.1) is 0 Å². The number of nitrogens with two attached hydrogens (primary N) is 1. The molecule has 0 aliphatic carbocycles. The number of hydrogen-bond acceptors (Lipinski definition) is 3. The second-order valence-electron chi connectivity index (χ2n) is 5.34. The zero-order valence-corrected chi connectivity index (χ0v) is 14.0. The molecule has 0 bridgehead atoms. The molecule has 2 aromatic rings. The Hall–Kier alpha value is -2.01. The van der Waals surface area contributed by atoms with Gasteiger partial charge >= 0.3 is 0 Å². The summed E-state index contributed by atoms with van der Waals surface area (Å²) in [6.45, 7) is 5.89. The van der Waals surface area contributed by atoms with E-state index in [0.717, 1.165) is 16.7 Å². The first-order chi connectivity index (χ1) is 10.4. The molecule has 4 nitrogen and oxygen atoms in total. The van der Waals surface area contributed by atoms with Crippen molar-refractivity contribution >= 4 is 21.4 Å². The molecule has 0 saturated heterocycles. The van der Waals surface area contributed by atoms with Gasteiger partial charge in [0.25, 0.3) is 10.0 Å². The van der Waals surface area contributed by atoms with Crippen LogP contribution in [0.5, 0.6) is 0 Å². The molecule has 0 saturated carbocycles. The van der Waals surface area contributed by atoms with Crippen molar-refractivity contribution in [1.82, 2.24) is 0 Å². The van der Waals surface area contributed by atoms with Crippen LogP contribution in [-0.2, 0) is 22.9 Å². The minimum Gasteiger partial charge on any atom is -0.399 e. The van der Waals surface area contributed by atoms with Crippen LogP contribution in [-0.4, -0.2) is 8.42 Å². The first-order valence-electron chi connectivity index (χ1n) is 7.38. The molecular formula is C17H22N2O2S. The second-order valence-corrected chi connectivity index (χ2v) is 7.02. The summed E-state index contributed by atoms with van der Waals surface area (Å²) in [7, 11) is -3.60. The van der Waals surface area contributed by atoms with Crippen LogP contribution in [0.25, 0.3) is 0 Å². The molecule has 0 spiro atoms. The largest absolute Gasteiger partial charge is 0.399 e. The molecule has 0 aromatic heterocycles. The van der Waals surface area contributed by atoms with Crippen LogP contribution in [0, 0.1) is 6.92 Å². The maximum Gasteiger partial charge on any atom is 0.261 e. The average molecular weight is 318 g/mol. The highest BCUT2D eigenvalue weighted by atomic mass is 32.2. The van der Waals surface area contributed by atoms with Gasteiger partial charge in [-0.3, -0.25) is 4.72 Å². The van der Waals surface area contributed by atoms with Gasteiger partial charge in [-0.05, 0) is 55.2 Å². The molecule has 0 heterocycles. The standard InChI is InChI=1S/C17H22N2O2S/c1-4-13-10-15(18)11-14(5-2)17(13)19-22(20,21)16-8-6-12(3)7-9-16/h6-11,19H,4-5,18H2,1-3H3. The number of nitrogens with one attached hydrogen (secondary N) is 1. The topological polar surface area (TPSA) is 72.2 Å². The predicted molar refractivity (Wildman–Crippen MR) is 91.6 cm³/mol. The van der Waals surface area contributed by atoms with Crippen molar-refractivity contribution in [3.8, 4) is 0 Å².